The maximum absolute atomic E-state index is 5.87. The van der Waals surface area contributed by atoms with Gasteiger partial charge in [0, 0.05) is 23.3 Å². The van der Waals surface area contributed by atoms with E-state index in [-0.39, 0.29) is 0 Å². The van der Waals surface area contributed by atoms with Crippen LogP contribution in [-0.4, -0.2) is 12.6 Å². The number of hydrogen-bond acceptors (Lipinski definition) is 1. The Hall–Kier alpha value is -0.690. The van der Waals surface area contributed by atoms with E-state index in [1.807, 2.05) is 12.1 Å². The van der Waals surface area contributed by atoms with Gasteiger partial charge in [-0.3, -0.25) is 0 Å². The standard InChI is InChI=1S/C12H16ClN/c1-2-11-4-3-9-14(11)12-7-5-10(13)6-8-12/h5-8,11H,2-4,9H2,1H3/t11-/m1/s1. The van der Waals surface area contributed by atoms with E-state index in [2.05, 4.69) is 24.0 Å². The minimum absolute atomic E-state index is 0.733. The smallest absolute Gasteiger partial charge is 0.0407 e. The van der Waals surface area contributed by atoms with Crippen LogP contribution in [-0.2, 0) is 0 Å². The van der Waals surface area contributed by atoms with E-state index in [0.717, 1.165) is 11.1 Å². The largest absolute Gasteiger partial charge is 0.369 e. The lowest BCUT2D eigenvalue weighted by Crippen LogP contribution is -2.28. The van der Waals surface area contributed by atoms with E-state index >= 15 is 0 Å². The van der Waals surface area contributed by atoms with E-state index in [4.69, 9.17) is 11.6 Å². The highest BCUT2D eigenvalue weighted by Crippen LogP contribution is 2.27. The Bertz CT molecular complexity index is 294. The number of rotatable bonds is 2. The van der Waals surface area contributed by atoms with Crippen molar-refractivity contribution in [2.45, 2.75) is 32.2 Å². The van der Waals surface area contributed by atoms with Crippen molar-refractivity contribution in [1.82, 2.24) is 0 Å². The molecule has 1 heterocycles. The van der Waals surface area contributed by atoms with Gasteiger partial charge in [-0.1, -0.05) is 18.5 Å². The maximum Gasteiger partial charge on any atom is 0.0407 e. The molecule has 2 heteroatoms. The van der Waals surface area contributed by atoms with Gasteiger partial charge in [-0.05, 0) is 43.5 Å². The highest BCUT2D eigenvalue weighted by Gasteiger charge is 2.22. The van der Waals surface area contributed by atoms with Crippen LogP contribution in [0.15, 0.2) is 24.3 Å². The Labute approximate surface area is 90.7 Å². The molecule has 1 aliphatic heterocycles. The van der Waals surface area contributed by atoms with Gasteiger partial charge in [-0.15, -0.1) is 0 Å². The Kier molecular flexibility index (Phi) is 2.97. The molecule has 0 spiro atoms. The zero-order valence-corrected chi connectivity index (χ0v) is 9.30. The van der Waals surface area contributed by atoms with Gasteiger partial charge in [-0.25, -0.2) is 0 Å². The molecule has 1 atom stereocenters. The summed E-state index contributed by atoms with van der Waals surface area (Å²) >= 11 is 5.87. The van der Waals surface area contributed by atoms with Crippen LogP contribution in [0.3, 0.4) is 0 Å². The van der Waals surface area contributed by atoms with Crippen molar-refractivity contribution in [1.29, 1.82) is 0 Å². The fourth-order valence-corrected chi connectivity index (χ4v) is 2.36. The molecule has 0 N–H and O–H groups in total. The molecule has 1 aromatic rings. The van der Waals surface area contributed by atoms with Crippen molar-refractivity contribution in [2.75, 3.05) is 11.4 Å². The van der Waals surface area contributed by atoms with Crippen molar-refractivity contribution in [3.8, 4) is 0 Å². The fraction of sp³-hybridized carbons (Fsp3) is 0.500. The molecule has 0 bridgehead atoms. The Morgan fingerprint density at radius 3 is 2.71 bits per heavy atom. The highest BCUT2D eigenvalue weighted by atomic mass is 35.5. The monoisotopic (exact) mass is 209 g/mol. The molecule has 14 heavy (non-hydrogen) atoms. The molecule has 76 valence electrons. The van der Waals surface area contributed by atoms with E-state index in [1.165, 1.54) is 31.5 Å². The van der Waals surface area contributed by atoms with Gasteiger partial charge in [0.2, 0.25) is 0 Å². The minimum atomic E-state index is 0.733. The van der Waals surface area contributed by atoms with Gasteiger partial charge in [0.05, 0.1) is 0 Å². The van der Waals surface area contributed by atoms with E-state index in [9.17, 15) is 0 Å². The molecule has 0 amide bonds. The summed E-state index contributed by atoms with van der Waals surface area (Å²) in [5.41, 5.74) is 1.32. The summed E-state index contributed by atoms with van der Waals surface area (Å²) in [5.74, 6) is 0. The number of halogens is 1. The van der Waals surface area contributed by atoms with Gasteiger partial charge >= 0.3 is 0 Å². The van der Waals surface area contributed by atoms with Gasteiger partial charge in [0.25, 0.3) is 0 Å². The van der Waals surface area contributed by atoms with Gasteiger partial charge in [0.1, 0.15) is 0 Å². The molecule has 2 rings (SSSR count). The quantitative estimate of drug-likeness (QED) is 0.718. The molecule has 1 aromatic carbocycles. The zero-order chi connectivity index (χ0) is 9.97. The van der Waals surface area contributed by atoms with Crippen LogP contribution in [0, 0.1) is 0 Å². The van der Waals surface area contributed by atoms with Crippen LogP contribution in [0.1, 0.15) is 26.2 Å². The lowest BCUT2D eigenvalue weighted by Gasteiger charge is -2.25. The second-order valence-electron chi connectivity index (χ2n) is 3.87. The molecule has 0 aromatic heterocycles. The topological polar surface area (TPSA) is 3.24 Å². The summed E-state index contributed by atoms with van der Waals surface area (Å²) in [6, 6.07) is 8.92. The molecule has 0 unspecified atom stereocenters. The fourth-order valence-electron chi connectivity index (χ4n) is 2.23. The Morgan fingerprint density at radius 1 is 1.36 bits per heavy atom. The first kappa shape index (κ1) is 9.85. The van der Waals surface area contributed by atoms with Crippen LogP contribution < -0.4 is 4.90 Å². The first-order valence-electron chi connectivity index (χ1n) is 5.33. The molecule has 0 aliphatic carbocycles. The summed E-state index contributed by atoms with van der Waals surface area (Å²) in [7, 11) is 0. The SMILES string of the molecule is CC[C@@H]1CCCN1c1ccc(Cl)cc1. The average molecular weight is 210 g/mol. The molecule has 0 saturated carbocycles. The molecular formula is C12H16ClN. The molecule has 1 fully saturated rings. The summed E-state index contributed by atoms with van der Waals surface area (Å²) in [6.07, 6.45) is 3.89. The Morgan fingerprint density at radius 2 is 2.07 bits per heavy atom. The third-order valence-electron chi connectivity index (χ3n) is 3.01. The predicted molar refractivity (Wildman–Crippen MR) is 62.1 cm³/mol. The first-order valence-corrected chi connectivity index (χ1v) is 5.71. The van der Waals surface area contributed by atoms with Crippen LogP contribution in [0.2, 0.25) is 5.02 Å². The van der Waals surface area contributed by atoms with Crippen LogP contribution >= 0.6 is 11.6 Å². The van der Waals surface area contributed by atoms with Crippen molar-refractivity contribution >= 4 is 17.3 Å². The summed E-state index contributed by atoms with van der Waals surface area (Å²) in [6.45, 7) is 3.46. The van der Waals surface area contributed by atoms with Gasteiger partial charge < -0.3 is 4.90 Å². The second-order valence-corrected chi connectivity index (χ2v) is 4.31. The molecular weight excluding hydrogens is 194 g/mol. The summed E-state index contributed by atoms with van der Waals surface area (Å²) < 4.78 is 0. The molecule has 1 saturated heterocycles. The van der Waals surface area contributed by atoms with E-state index < -0.39 is 0 Å². The van der Waals surface area contributed by atoms with Gasteiger partial charge in [0.15, 0.2) is 0 Å². The third kappa shape index (κ3) is 1.88. The number of anilines is 1. The maximum atomic E-state index is 5.87. The second kappa shape index (κ2) is 4.22. The summed E-state index contributed by atoms with van der Waals surface area (Å²) in [5, 5.41) is 0.820. The highest BCUT2D eigenvalue weighted by molar-refractivity contribution is 6.30. The van der Waals surface area contributed by atoms with E-state index in [0.29, 0.717) is 0 Å². The lowest BCUT2D eigenvalue weighted by molar-refractivity contribution is 0.645. The predicted octanol–water partition coefficient (Wildman–Crippen LogP) is 3.72. The summed E-state index contributed by atoms with van der Waals surface area (Å²) in [4.78, 5) is 2.50. The average Bonchev–Trinajstić information content (AvgIpc) is 2.67. The number of benzene rings is 1. The van der Waals surface area contributed by atoms with Crippen LogP contribution in [0.5, 0.6) is 0 Å². The van der Waals surface area contributed by atoms with Crippen LogP contribution in [0.25, 0.3) is 0 Å². The van der Waals surface area contributed by atoms with Crippen LogP contribution in [0.4, 0.5) is 5.69 Å². The van der Waals surface area contributed by atoms with Crippen molar-refractivity contribution in [3.05, 3.63) is 29.3 Å². The molecule has 1 nitrogen and oxygen atoms in total. The third-order valence-corrected chi connectivity index (χ3v) is 3.26. The van der Waals surface area contributed by atoms with Gasteiger partial charge in [-0.2, -0.15) is 0 Å². The first-order chi connectivity index (χ1) is 6.81. The normalized spacial score (nSPS) is 21.6. The Balaban J connectivity index is 2.17. The zero-order valence-electron chi connectivity index (χ0n) is 8.54. The molecule has 0 radical (unpaired) electrons. The minimum Gasteiger partial charge on any atom is -0.369 e. The molecule has 1 aliphatic rings. The van der Waals surface area contributed by atoms with Crippen molar-refractivity contribution in [2.24, 2.45) is 0 Å². The van der Waals surface area contributed by atoms with Crippen molar-refractivity contribution < 1.29 is 0 Å². The number of hydrogen-bond donors (Lipinski definition) is 0. The van der Waals surface area contributed by atoms with Crippen molar-refractivity contribution in [3.63, 3.8) is 0 Å². The number of nitrogens with zero attached hydrogens (tertiary/aromatic N) is 1. The lowest BCUT2D eigenvalue weighted by atomic mass is 10.1. The van der Waals surface area contributed by atoms with E-state index in [1.54, 1.807) is 0 Å².